The first-order valence-electron chi connectivity index (χ1n) is 7.88. The Morgan fingerprint density at radius 2 is 1.64 bits per heavy atom. The molecule has 2 amide bonds. The molecule has 1 aliphatic rings. The predicted molar refractivity (Wildman–Crippen MR) is 96.7 cm³/mol. The molecule has 0 saturated carbocycles. The fraction of sp³-hybridized carbons (Fsp3) is 0.0526. The molecule has 3 aromatic rings. The van der Waals surface area contributed by atoms with Crippen molar-refractivity contribution in [1.29, 1.82) is 0 Å². The number of para-hydroxylation sites is 1. The van der Waals surface area contributed by atoms with Gasteiger partial charge in [-0.15, -0.1) is 0 Å². The summed E-state index contributed by atoms with van der Waals surface area (Å²) in [5.41, 5.74) is 2.88. The minimum atomic E-state index is -0.223. The summed E-state index contributed by atoms with van der Waals surface area (Å²) in [7, 11) is 0. The number of rotatable bonds is 3. The molecular weight excluding hydrogens is 314 g/mol. The monoisotopic (exact) mass is 329 g/mol. The average Bonchev–Trinajstić information content (AvgIpc) is 2.70. The van der Waals surface area contributed by atoms with E-state index in [1.807, 2.05) is 60.7 Å². The second-order valence-electron chi connectivity index (χ2n) is 5.49. The molecule has 122 valence electrons. The molecule has 3 heterocycles. The fourth-order valence-corrected chi connectivity index (χ4v) is 2.65. The number of hydrogen-bond donors (Lipinski definition) is 0. The summed E-state index contributed by atoms with van der Waals surface area (Å²) < 4.78 is 0. The largest absolute Gasteiger partial charge is 0.350 e. The second-order valence-corrected chi connectivity index (χ2v) is 5.49. The van der Waals surface area contributed by atoms with Gasteiger partial charge >= 0.3 is 6.03 Å². The first kappa shape index (κ1) is 15.0. The lowest BCUT2D eigenvalue weighted by Gasteiger charge is -2.32. The van der Waals surface area contributed by atoms with Gasteiger partial charge in [0.25, 0.3) is 0 Å². The number of hydrogen-bond acceptors (Lipinski definition) is 4. The molecule has 6 heteroatoms. The summed E-state index contributed by atoms with van der Waals surface area (Å²) in [5.74, 6) is 0. The SMILES string of the molecule is O=C1N(c2cccnc2)CC(c2ccccn2)=NN1c1ccccc1. The summed E-state index contributed by atoms with van der Waals surface area (Å²) in [4.78, 5) is 23.1. The summed E-state index contributed by atoms with van der Waals surface area (Å²) in [5, 5.41) is 5.96. The zero-order valence-electron chi connectivity index (χ0n) is 13.4. The second kappa shape index (κ2) is 6.52. The molecule has 1 aliphatic heterocycles. The van der Waals surface area contributed by atoms with Crippen LogP contribution in [0.15, 0.2) is 84.4 Å². The van der Waals surface area contributed by atoms with Gasteiger partial charge in [-0.2, -0.15) is 10.1 Å². The van der Waals surface area contributed by atoms with Crippen LogP contribution in [0, 0.1) is 0 Å². The minimum absolute atomic E-state index is 0.223. The van der Waals surface area contributed by atoms with Crippen LogP contribution in [-0.4, -0.2) is 28.3 Å². The van der Waals surface area contributed by atoms with Crippen LogP contribution < -0.4 is 9.91 Å². The van der Waals surface area contributed by atoms with Gasteiger partial charge in [0.05, 0.1) is 29.8 Å². The Kier molecular flexibility index (Phi) is 3.92. The van der Waals surface area contributed by atoms with E-state index in [1.54, 1.807) is 23.5 Å². The van der Waals surface area contributed by atoms with Crippen molar-refractivity contribution in [2.45, 2.75) is 0 Å². The van der Waals surface area contributed by atoms with Crippen molar-refractivity contribution in [3.8, 4) is 0 Å². The molecule has 0 aliphatic carbocycles. The van der Waals surface area contributed by atoms with E-state index in [4.69, 9.17) is 0 Å². The minimum Gasteiger partial charge on any atom is -0.285 e. The topological polar surface area (TPSA) is 61.7 Å². The molecule has 0 spiro atoms. The molecule has 0 bridgehead atoms. The first-order chi connectivity index (χ1) is 12.3. The molecule has 2 aromatic heterocycles. The maximum absolute atomic E-state index is 13.0. The molecule has 25 heavy (non-hydrogen) atoms. The van der Waals surface area contributed by atoms with Crippen LogP contribution in [0.5, 0.6) is 0 Å². The Labute approximate surface area is 145 Å². The molecule has 0 atom stereocenters. The number of hydrazone groups is 1. The maximum atomic E-state index is 13.0. The quantitative estimate of drug-likeness (QED) is 0.740. The van der Waals surface area contributed by atoms with Crippen LogP contribution in [0.25, 0.3) is 0 Å². The van der Waals surface area contributed by atoms with Crippen LogP contribution in [-0.2, 0) is 0 Å². The van der Waals surface area contributed by atoms with E-state index in [0.29, 0.717) is 17.9 Å². The molecule has 0 saturated heterocycles. The number of anilines is 2. The van der Waals surface area contributed by atoms with Gasteiger partial charge in [-0.1, -0.05) is 24.3 Å². The number of carbonyl (C=O) groups is 1. The van der Waals surface area contributed by atoms with Gasteiger partial charge in [0.15, 0.2) is 0 Å². The Balaban J connectivity index is 1.80. The van der Waals surface area contributed by atoms with Gasteiger partial charge < -0.3 is 0 Å². The van der Waals surface area contributed by atoms with Crippen LogP contribution >= 0.6 is 0 Å². The highest BCUT2D eigenvalue weighted by Crippen LogP contribution is 2.24. The predicted octanol–water partition coefficient (Wildman–Crippen LogP) is 3.33. The van der Waals surface area contributed by atoms with Crippen LogP contribution in [0.4, 0.5) is 16.2 Å². The highest BCUT2D eigenvalue weighted by molar-refractivity contribution is 6.15. The highest BCUT2D eigenvalue weighted by atomic mass is 16.2. The Bertz CT molecular complexity index is 897. The highest BCUT2D eigenvalue weighted by Gasteiger charge is 2.31. The molecule has 0 fully saturated rings. The van der Waals surface area contributed by atoms with E-state index in [-0.39, 0.29) is 6.03 Å². The summed E-state index contributed by atoms with van der Waals surface area (Å²) >= 11 is 0. The molecule has 1 aromatic carbocycles. The molecule has 0 radical (unpaired) electrons. The lowest BCUT2D eigenvalue weighted by Crippen LogP contribution is -2.49. The third-order valence-corrected chi connectivity index (χ3v) is 3.86. The number of nitrogens with zero attached hydrogens (tertiary/aromatic N) is 5. The number of amides is 2. The lowest BCUT2D eigenvalue weighted by molar-refractivity contribution is 0.251. The number of carbonyl (C=O) groups excluding carboxylic acids is 1. The average molecular weight is 329 g/mol. The van der Waals surface area contributed by atoms with E-state index < -0.39 is 0 Å². The lowest BCUT2D eigenvalue weighted by atomic mass is 10.2. The Morgan fingerprint density at radius 3 is 2.36 bits per heavy atom. The number of aromatic nitrogens is 2. The molecule has 0 unspecified atom stereocenters. The van der Waals surface area contributed by atoms with E-state index in [0.717, 1.165) is 11.4 Å². The normalized spacial score (nSPS) is 14.4. The Morgan fingerprint density at radius 1 is 0.840 bits per heavy atom. The van der Waals surface area contributed by atoms with Crippen molar-refractivity contribution in [1.82, 2.24) is 9.97 Å². The van der Waals surface area contributed by atoms with Crippen molar-refractivity contribution in [3.63, 3.8) is 0 Å². The standard InChI is InChI=1S/C19H15N5O/c25-19-23(16-9-6-11-20-13-16)14-18(17-10-4-5-12-21-17)22-24(19)15-7-2-1-3-8-15/h1-13H,14H2. The van der Waals surface area contributed by atoms with Crippen molar-refractivity contribution < 1.29 is 4.79 Å². The van der Waals surface area contributed by atoms with E-state index in [9.17, 15) is 4.79 Å². The van der Waals surface area contributed by atoms with Crippen molar-refractivity contribution >= 4 is 23.1 Å². The molecule has 6 nitrogen and oxygen atoms in total. The van der Waals surface area contributed by atoms with Gasteiger partial charge in [-0.3, -0.25) is 14.9 Å². The number of urea groups is 1. The van der Waals surface area contributed by atoms with Crippen molar-refractivity contribution in [3.05, 3.63) is 84.9 Å². The van der Waals surface area contributed by atoms with E-state index in [2.05, 4.69) is 15.1 Å². The summed E-state index contributed by atoms with van der Waals surface area (Å²) in [6.45, 7) is 0.338. The Hall–Kier alpha value is -3.54. The molecule has 0 N–H and O–H groups in total. The van der Waals surface area contributed by atoms with Crippen molar-refractivity contribution in [2.75, 3.05) is 16.5 Å². The van der Waals surface area contributed by atoms with E-state index in [1.165, 1.54) is 5.01 Å². The van der Waals surface area contributed by atoms with Gasteiger partial charge in [-0.25, -0.2) is 4.79 Å². The van der Waals surface area contributed by atoms with Crippen LogP contribution in [0.1, 0.15) is 5.69 Å². The first-order valence-corrected chi connectivity index (χ1v) is 7.88. The fourth-order valence-electron chi connectivity index (χ4n) is 2.65. The number of benzene rings is 1. The van der Waals surface area contributed by atoms with E-state index >= 15 is 0 Å². The van der Waals surface area contributed by atoms with Crippen molar-refractivity contribution in [2.24, 2.45) is 5.10 Å². The smallest absolute Gasteiger partial charge is 0.285 e. The van der Waals surface area contributed by atoms with Gasteiger partial charge in [0, 0.05) is 12.4 Å². The summed E-state index contributed by atoms with van der Waals surface area (Å²) in [6.07, 6.45) is 5.07. The van der Waals surface area contributed by atoms with Gasteiger partial charge in [-0.05, 0) is 36.4 Å². The summed E-state index contributed by atoms with van der Waals surface area (Å²) in [6, 6.07) is 18.4. The number of pyridine rings is 2. The van der Waals surface area contributed by atoms with Crippen LogP contribution in [0.2, 0.25) is 0 Å². The van der Waals surface area contributed by atoms with Gasteiger partial charge in [0.2, 0.25) is 0 Å². The zero-order chi connectivity index (χ0) is 17.1. The molecule has 4 rings (SSSR count). The third kappa shape index (κ3) is 2.97. The van der Waals surface area contributed by atoms with Gasteiger partial charge in [0.1, 0.15) is 5.71 Å². The third-order valence-electron chi connectivity index (χ3n) is 3.86. The molecular formula is C19H15N5O. The van der Waals surface area contributed by atoms with Crippen LogP contribution in [0.3, 0.4) is 0 Å². The maximum Gasteiger partial charge on any atom is 0.350 e. The zero-order valence-corrected chi connectivity index (χ0v) is 13.4.